The van der Waals surface area contributed by atoms with Crippen molar-refractivity contribution in [2.45, 2.75) is 11.8 Å². The van der Waals surface area contributed by atoms with Crippen LogP contribution in [0.4, 0.5) is 5.82 Å². The van der Waals surface area contributed by atoms with Crippen molar-refractivity contribution < 1.29 is 0 Å². The van der Waals surface area contributed by atoms with E-state index in [1.807, 2.05) is 24.3 Å². The average Bonchev–Trinajstić information content (AvgIpc) is 2.76. The summed E-state index contributed by atoms with van der Waals surface area (Å²) in [5.41, 5.74) is 6.55. The molecule has 102 valence electrons. The molecule has 2 aromatic carbocycles. The summed E-state index contributed by atoms with van der Waals surface area (Å²) in [5.74, 6) is 0.369. The van der Waals surface area contributed by atoms with Gasteiger partial charge in [0.1, 0.15) is 5.82 Å². The molecule has 3 rings (SSSR count). The van der Waals surface area contributed by atoms with Crippen molar-refractivity contribution >= 4 is 29.2 Å². The van der Waals surface area contributed by atoms with E-state index in [-0.39, 0.29) is 10.8 Å². The first-order chi connectivity index (χ1) is 9.65. The Balaban J connectivity index is 1.98. The van der Waals surface area contributed by atoms with Crippen LogP contribution in [0.5, 0.6) is 0 Å². The minimum absolute atomic E-state index is 0.0863. The van der Waals surface area contributed by atoms with Crippen LogP contribution in [-0.2, 0) is 6.54 Å². The number of thiol groups is 1. The van der Waals surface area contributed by atoms with Gasteiger partial charge in [-0.3, -0.25) is 14.6 Å². The summed E-state index contributed by atoms with van der Waals surface area (Å²) in [7, 11) is 0. The number of aromatic amines is 1. The first kappa shape index (κ1) is 12.9. The Morgan fingerprint density at radius 3 is 2.70 bits per heavy atom. The second kappa shape index (κ2) is 5.09. The molecule has 0 spiro atoms. The molecule has 3 N–H and O–H groups in total. The number of nitrogens with one attached hydrogen (secondary N) is 1. The van der Waals surface area contributed by atoms with Gasteiger partial charge in [-0.05, 0) is 16.3 Å². The van der Waals surface area contributed by atoms with Gasteiger partial charge in [-0.1, -0.05) is 42.5 Å². The molecule has 4 nitrogen and oxygen atoms in total. The summed E-state index contributed by atoms with van der Waals surface area (Å²) in [6.45, 7) is 0.452. The summed E-state index contributed by atoms with van der Waals surface area (Å²) < 4.78 is 1.48. The number of hydrogen-bond donors (Lipinski definition) is 3. The molecule has 0 bridgehead atoms. The average molecular weight is 285 g/mol. The van der Waals surface area contributed by atoms with E-state index in [0.717, 1.165) is 10.9 Å². The SMILES string of the molecule is Nc1cc(=O)n(CC(S)c2cccc3ccccc23)[nH]1. The Bertz CT molecular complexity index is 801. The summed E-state index contributed by atoms with van der Waals surface area (Å²) in [5, 5.41) is 5.06. The van der Waals surface area contributed by atoms with Crippen molar-refractivity contribution in [3.05, 3.63) is 64.4 Å². The highest BCUT2D eigenvalue weighted by molar-refractivity contribution is 7.80. The van der Waals surface area contributed by atoms with Crippen molar-refractivity contribution in [3.8, 4) is 0 Å². The van der Waals surface area contributed by atoms with Gasteiger partial charge in [0.25, 0.3) is 5.56 Å². The van der Waals surface area contributed by atoms with Crippen LogP contribution < -0.4 is 11.3 Å². The monoisotopic (exact) mass is 285 g/mol. The molecule has 0 aliphatic rings. The lowest BCUT2D eigenvalue weighted by atomic mass is 10.0. The molecule has 1 unspecified atom stereocenters. The van der Waals surface area contributed by atoms with Crippen LogP contribution in [-0.4, -0.2) is 9.78 Å². The standard InChI is InChI=1S/C15H15N3OS/c16-14-8-15(19)18(17-14)9-13(20)12-7-3-5-10-4-1-2-6-11(10)12/h1-8,13,17,20H,9,16H2. The van der Waals surface area contributed by atoms with Crippen LogP contribution >= 0.6 is 12.6 Å². The second-order valence-corrected chi connectivity index (χ2v) is 5.37. The molecule has 5 heteroatoms. The summed E-state index contributed by atoms with van der Waals surface area (Å²) in [6.07, 6.45) is 0. The van der Waals surface area contributed by atoms with Crippen LogP contribution in [0.15, 0.2) is 53.3 Å². The Labute approximate surface area is 121 Å². The number of rotatable bonds is 3. The molecule has 0 aliphatic heterocycles. The van der Waals surface area contributed by atoms with Gasteiger partial charge >= 0.3 is 0 Å². The zero-order chi connectivity index (χ0) is 14.1. The van der Waals surface area contributed by atoms with Gasteiger partial charge in [0.2, 0.25) is 0 Å². The highest BCUT2D eigenvalue weighted by Crippen LogP contribution is 2.28. The third-order valence-corrected chi connectivity index (χ3v) is 3.79. The van der Waals surface area contributed by atoms with Crippen molar-refractivity contribution in [1.29, 1.82) is 0 Å². The summed E-state index contributed by atoms with van der Waals surface area (Å²) in [6, 6.07) is 15.6. The van der Waals surface area contributed by atoms with Gasteiger partial charge in [-0.2, -0.15) is 12.6 Å². The Morgan fingerprint density at radius 1 is 1.20 bits per heavy atom. The number of nitrogen functional groups attached to an aromatic ring is 1. The maximum Gasteiger partial charge on any atom is 0.268 e. The van der Waals surface area contributed by atoms with Crippen LogP contribution in [0.3, 0.4) is 0 Å². The topological polar surface area (TPSA) is 63.8 Å². The maximum atomic E-state index is 11.7. The molecule has 0 saturated heterocycles. The zero-order valence-electron chi connectivity index (χ0n) is 10.8. The van der Waals surface area contributed by atoms with Gasteiger partial charge in [0.15, 0.2) is 0 Å². The predicted octanol–water partition coefficient (Wildman–Crippen LogP) is 2.58. The number of fused-ring (bicyclic) bond motifs is 1. The lowest BCUT2D eigenvalue weighted by molar-refractivity contribution is 0.594. The molecule has 0 saturated carbocycles. The third-order valence-electron chi connectivity index (χ3n) is 3.35. The largest absolute Gasteiger partial charge is 0.384 e. The van der Waals surface area contributed by atoms with Crippen LogP contribution in [0.2, 0.25) is 0 Å². The molecule has 1 heterocycles. The minimum atomic E-state index is -0.137. The van der Waals surface area contributed by atoms with Gasteiger partial charge < -0.3 is 5.73 Å². The van der Waals surface area contributed by atoms with E-state index < -0.39 is 0 Å². The van der Waals surface area contributed by atoms with Gasteiger partial charge in [-0.25, -0.2) is 0 Å². The molecule has 20 heavy (non-hydrogen) atoms. The van der Waals surface area contributed by atoms with Gasteiger partial charge in [-0.15, -0.1) is 0 Å². The predicted molar refractivity (Wildman–Crippen MR) is 85.1 cm³/mol. The van der Waals surface area contributed by atoms with Gasteiger partial charge in [0.05, 0.1) is 6.54 Å². The number of H-pyrrole nitrogens is 1. The summed E-state index contributed by atoms with van der Waals surface area (Å²) in [4.78, 5) is 11.7. The maximum absolute atomic E-state index is 11.7. The van der Waals surface area contributed by atoms with Crippen molar-refractivity contribution in [3.63, 3.8) is 0 Å². The number of hydrogen-bond acceptors (Lipinski definition) is 3. The van der Waals surface area contributed by atoms with E-state index in [0.29, 0.717) is 12.4 Å². The Hall–Kier alpha value is -2.14. The fourth-order valence-electron chi connectivity index (χ4n) is 2.40. The molecule has 0 fully saturated rings. The molecule has 3 aromatic rings. The van der Waals surface area contributed by atoms with E-state index >= 15 is 0 Å². The van der Waals surface area contributed by atoms with E-state index in [9.17, 15) is 4.79 Å². The van der Waals surface area contributed by atoms with Crippen molar-refractivity contribution in [2.24, 2.45) is 0 Å². The fraction of sp³-hybridized carbons (Fsp3) is 0.133. The number of aromatic nitrogens is 2. The number of nitrogens with zero attached hydrogens (tertiary/aromatic N) is 1. The quantitative estimate of drug-likeness (QED) is 0.648. The molecular weight excluding hydrogens is 270 g/mol. The van der Waals surface area contributed by atoms with E-state index in [2.05, 4.69) is 35.9 Å². The number of anilines is 1. The molecule has 1 aromatic heterocycles. The Morgan fingerprint density at radius 2 is 1.95 bits per heavy atom. The fourth-order valence-corrected chi connectivity index (χ4v) is 2.79. The van der Waals surface area contributed by atoms with E-state index in [4.69, 9.17) is 5.73 Å². The number of benzene rings is 2. The van der Waals surface area contributed by atoms with Crippen molar-refractivity contribution in [2.75, 3.05) is 5.73 Å². The minimum Gasteiger partial charge on any atom is -0.384 e. The second-order valence-electron chi connectivity index (χ2n) is 4.74. The molecule has 1 atom stereocenters. The first-order valence-electron chi connectivity index (χ1n) is 6.36. The lowest BCUT2D eigenvalue weighted by Crippen LogP contribution is -2.18. The zero-order valence-corrected chi connectivity index (χ0v) is 11.7. The molecule has 0 amide bonds. The molecule has 0 radical (unpaired) electrons. The van der Waals surface area contributed by atoms with E-state index in [1.165, 1.54) is 16.1 Å². The third kappa shape index (κ3) is 2.32. The smallest absolute Gasteiger partial charge is 0.268 e. The number of nitrogens with two attached hydrogens (primary N) is 1. The highest BCUT2D eigenvalue weighted by Gasteiger charge is 2.12. The van der Waals surface area contributed by atoms with Crippen LogP contribution in [0.1, 0.15) is 10.8 Å². The van der Waals surface area contributed by atoms with Crippen LogP contribution in [0.25, 0.3) is 10.8 Å². The Kier molecular flexibility index (Phi) is 3.28. The van der Waals surface area contributed by atoms with Crippen molar-refractivity contribution in [1.82, 2.24) is 9.78 Å². The van der Waals surface area contributed by atoms with E-state index in [1.54, 1.807) is 0 Å². The van der Waals surface area contributed by atoms with Crippen LogP contribution in [0, 0.1) is 0 Å². The molecule has 0 aliphatic carbocycles. The first-order valence-corrected chi connectivity index (χ1v) is 6.88. The lowest BCUT2D eigenvalue weighted by Gasteiger charge is -2.14. The van der Waals surface area contributed by atoms with Gasteiger partial charge in [0, 0.05) is 11.3 Å². The highest BCUT2D eigenvalue weighted by atomic mass is 32.1. The summed E-state index contributed by atoms with van der Waals surface area (Å²) >= 11 is 4.64. The normalized spacial score (nSPS) is 12.7. The molecular formula is C15H15N3OS.